The first-order chi connectivity index (χ1) is 11.4. The van der Waals surface area contributed by atoms with Gasteiger partial charge < -0.3 is 22.1 Å². The molecular formula is C17H17N5O2. The van der Waals surface area contributed by atoms with Crippen LogP contribution >= 0.6 is 0 Å². The molecule has 2 amide bonds. The van der Waals surface area contributed by atoms with E-state index in [9.17, 15) is 9.59 Å². The van der Waals surface area contributed by atoms with E-state index >= 15 is 0 Å². The summed E-state index contributed by atoms with van der Waals surface area (Å²) >= 11 is 0. The minimum atomic E-state index is -0.632. The van der Waals surface area contributed by atoms with Gasteiger partial charge in [-0.25, -0.2) is 0 Å². The van der Waals surface area contributed by atoms with Crippen LogP contribution in [0, 0.1) is 0 Å². The lowest BCUT2D eigenvalue weighted by molar-refractivity contribution is -0.114. The minimum Gasteiger partial charge on any atom is -0.398 e. The van der Waals surface area contributed by atoms with E-state index in [1.165, 1.54) is 4.90 Å². The van der Waals surface area contributed by atoms with Crippen molar-refractivity contribution in [3.8, 4) is 11.3 Å². The number of rotatable bonds is 4. The average molecular weight is 323 g/mol. The van der Waals surface area contributed by atoms with Crippen LogP contribution in [-0.4, -0.2) is 28.2 Å². The van der Waals surface area contributed by atoms with Gasteiger partial charge in [0, 0.05) is 23.4 Å². The summed E-state index contributed by atoms with van der Waals surface area (Å²) in [6.45, 7) is 3.98. The van der Waals surface area contributed by atoms with Crippen molar-refractivity contribution in [3.05, 3.63) is 53.7 Å². The van der Waals surface area contributed by atoms with Crippen LogP contribution in [0.4, 0.5) is 11.4 Å². The maximum absolute atomic E-state index is 12.6. The highest BCUT2D eigenvalue weighted by Gasteiger charge is 2.32. The molecule has 122 valence electrons. The molecule has 0 fully saturated rings. The van der Waals surface area contributed by atoms with Crippen LogP contribution in [0.5, 0.6) is 0 Å². The van der Waals surface area contributed by atoms with Gasteiger partial charge in [-0.2, -0.15) is 0 Å². The van der Waals surface area contributed by atoms with E-state index in [1.807, 2.05) is 6.07 Å². The van der Waals surface area contributed by atoms with E-state index in [4.69, 9.17) is 17.2 Å². The third kappa shape index (κ3) is 2.56. The van der Waals surface area contributed by atoms with Gasteiger partial charge in [0.1, 0.15) is 0 Å². The summed E-state index contributed by atoms with van der Waals surface area (Å²) < 4.78 is 0. The number of carbonyl (C=O) groups is 2. The Bertz CT molecular complexity index is 858. The summed E-state index contributed by atoms with van der Waals surface area (Å²) in [7, 11) is 0. The molecule has 0 bridgehead atoms. The Labute approximate surface area is 138 Å². The second-order valence-corrected chi connectivity index (χ2v) is 5.66. The molecule has 1 aliphatic heterocycles. The van der Waals surface area contributed by atoms with Crippen LogP contribution in [0.25, 0.3) is 11.3 Å². The van der Waals surface area contributed by atoms with Crippen LogP contribution < -0.4 is 17.2 Å². The lowest BCUT2D eigenvalue weighted by Gasteiger charge is -2.15. The van der Waals surface area contributed by atoms with Gasteiger partial charge in [-0.1, -0.05) is 12.6 Å². The third-order valence-corrected chi connectivity index (χ3v) is 3.99. The molecule has 0 saturated carbocycles. The molecule has 0 unspecified atom stereocenters. The zero-order chi connectivity index (χ0) is 17.4. The predicted octanol–water partition coefficient (Wildman–Crippen LogP) is 0.910. The average Bonchev–Trinajstić information content (AvgIpc) is 2.86. The van der Waals surface area contributed by atoms with E-state index in [2.05, 4.69) is 11.6 Å². The number of aromatic nitrogens is 1. The summed E-state index contributed by atoms with van der Waals surface area (Å²) in [4.78, 5) is 29.6. The number of primary amides is 1. The fraction of sp³-hybridized carbons (Fsp3) is 0.118. The Balaban J connectivity index is 2.02. The molecule has 2 heterocycles. The minimum absolute atomic E-state index is 0.0664. The number of nitrogens with two attached hydrogens (primary N) is 3. The maximum Gasteiger partial charge on any atom is 0.256 e. The number of benzene rings is 1. The van der Waals surface area contributed by atoms with Crippen molar-refractivity contribution in [3.63, 3.8) is 0 Å². The molecule has 7 nitrogen and oxygen atoms in total. The normalized spacial score (nSPS) is 13.0. The van der Waals surface area contributed by atoms with Gasteiger partial charge in [-0.15, -0.1) is 0 Å². The van der Waals surface area contributed by atoms with Crippen molar-refractivity contribution in [1.29, 1.82) is 0 Å². The summed E-state index contributed by atoms with van der Waals surface area (Å²) in [5.74, 6) is -0.880. The molecule has 0 atom stereocenters. The van der Waals surface area contributed by atoms with Gasteiger partial charge >= 0.3 is 0 Å². The van der Waals surface area contributed by atoms with E-state index in [0.29, 0.717) is 29.2 Å². The predicted molar refractivity (Wildman–Crippen MR) is 91.6 cm³/mol. The molecular weight excluding hydrogens is 306 g/mol. The topological polar surface area (TPSA) is 128 Å². The second-order valence-electron chi connectivity index (χ2n) is 5.66. The van der Waals surface area contributed by atoms with E-state index in [0.717, 1.165) is 11.1 Å². The van der Waals surface area contributed by atoms with Crippen molar-refractivity contribution < 1.29 is 9.59 Å². The number of nitrogen functional groups attached to an aromatic ring is 2. The number of carbonyl (C=O) groups excluding carboxylic acids is 2. The molecule has 6 N–H and O–H groups in total. The summed E-state index contributed by atoms with van der Waals surface area (Å²) in [5.41, 5.74) is 20.7. The van der Waals surface area contributed by atoms with Gasteiger partial charge in [-0.3, -0.25) is 14.6 Å². The fourth-order valence-corrected chi connectivity index (χ4v) is 2.74. The zero-order valence-corrected chi connectivity index (χ0v) is 13.0. The summed E-state index contributed by atoms with van der Waals surface area (Å²) in [5, 5.41) is 0. The van der Waals surface area contributed by atoms with Crippen molar-refractivity contribution in [2.75, 3.05) is 18.0 Å². The molecule has 1 aromatic carbocycles. The monoisotopic (exact) mass is 323 g/mol. The zero-order valence-electron chi connectivity index (χ0n) is 13.0. The molecule has 0 aliphatic carbocycles. The third-order valence-electron chi connectivity index (χ3n) is 3.99. The highest BCUT2D eigenvalue weighted by atomic mass is 16.2. The molecule has 24 heavy (non-hydrogen) atoms. The lowest BCUT2D eigenvalue weighted by Crippen LogP contribution is -2.30. The Morgan fingerprint density at radius 2 is 2.00 bits per heavy atom. The first-order valence-corrected chi connectivity index (χ1v) is 7.28. The number of hydrogen-bond acceptors (Lipinski definition) is 5. The number of pyridine rings is 1. The standard InChI is InChI=1S/C17H17N5O2/c1-9(16(20)23)7-22-8-12-11(14-5-2-10(18)6-21-14)3-4-13(19)15(12)17(22)24/h2-6H,1,7-8,18-19H2,(H2,20,23). The molecule has 3 rings (SSSR count). The Kier molecular flexibility index (Phi) is 3.69. The molecule has 1 aromatic heterocycles. The molecule has 1 aliphatic rings. The van der Waals surface area contributed by atoms with Crippen LogP contribution in [-0.2, 0) is 11.3 Å². The molecule has 7 heteroatoms. The number of hydrogen-bond donors (Lipinski definition) is 3. The van der Waals surface area contributed by atoms with Gasteiger partial charge in [0.2, 0.25) is 5.91 Å². The van der Waals surface area contributed by atoms with Crippen LogP contribution in [0.1, 0.15) is 15.9 Å². The quantitative estimate of drug-likeness (QED) is 0.569. The fourth-order valence-electron chi connectivity index (χ4n) is 2.74. The molecule has 0 radical (unpaired) electrons. The van der Waals surface area contributed by atoms with E-state index < -0.39 is 5.91 Å². The summed E-state index contributed by atoms with van der Waals surface area (Å²) in [6.07, 6.45) is 1.56. The van der Waals surface area contributed by atoms with Gasteiger partial charge in [0.05, 0.1) is 29.7 Å². The Hall–Kier alpha value is -3.35. The van der Waals surface area contributed by atoms with Crippen molar-refractivity contribution in [2.45, 2.75) is 6.54 Å². The first kappa shape index (κ1) is 15.5. The number of amides is 2. The van der Waals surface area contributed by atoms with Crippen LogP contribution in [0.3, 0.4) is 0 Å². The van der Waals surface area contributed by atoms with Crippen molar-refractivity contribution in [1.82, 2.24) is 9.88 Å². The highest BCUT2D eigenvalue weighted by Crippen LogP contribution is 2.35. The van der Waals surface area contributed by atoms with Gasteiger partial charge in [-0.05, 0) is 23.8 Å². The van der Waals surface area contributed by atoms with Crippen LogP contribution in [0.15, 0.2) is 42.6 Å². The second kappa shape index (κ2) is 5.69. The first-order valence-electron chi connectivity index (χ1n) is 7.28. The Morgan fingerprint density at radius 1 is 1.25 bits per heavy atom. The highest BCUT2D eigenvalue weighted by molar-refractivity contribution is 6.05. The molecule has 0 spiro atoms. The Morgan fingerprint density at radius 3 is 2.62 bits per heavy atom. The smallest absolute Gasteiger partial charge is 0.256 e. The SMILES string of the molecule is C=C(CN1Cc2c(-c3ccc(N)cn3)ccc(N)c2C1=O)C(N)=O. The molecule has 2 aromatic rings. The summed E-state index contributed by atoms with van der Waals surface area (Å²) in [6, 6.07) is 7.04. The van der Waals surface area contributed by atoms with Crippen molar-refractivity contribution in [2.24, 2.45) is 5.73 Å². The lowest BCUT2D eigenvalue weighted by atomic mass is 9.99. The van der Waals surface area contributed by atoms with E-state index in [1.54, 1.807) is 24.4 Å². The maximum atomic E-state index is 12.6. The van der Waals surface area contributed by atoms with Crippen LogP contribution in [0.2, 0.25) is 0 Å². The number of anilines is 2. The number of fused-ring (bicyclic) bond motifs is 1. The molecule has 0 saturated heterocycles. The van der Waals surface area contributed by atoms with E-state index in [-0.39, 0.29) is 18.0 Å². The van der Waals surface area contributed by atoms with Gasteiger partial charge in [0.15, 0.2) is 0 Å². The largest absolute Gasteiger partial charge is 0.398 e. The number of nitrogens with zero attached hydrogens (tertiary/aromatic N) is 2. The van der Waals surface area contributed by atoms with Crippen molar-refractivity contribution >= 4 is 23.2 Å². The van der Waals surface area contributed by atoms with Gasteiger partial charge in [0.25, 0.3) is 5.91 Å².